The maximum absolute atomic E-state index is 12.3. The predicted octanol–water partition coefficient (Wildman–Crippen LogP) is 4.03. The largest absolute Gasteiger partial charge is 0.494 e. The van der Waals surface area contributed by atoms with Crippen LogP contribution in [-0.2, 0) is 6.54 Å². The highest BCUT2D eigenvalue weighted by molar-refractivity contribution is 6.30. The van der Waals surface area contributed by atoms with Crippen molar-refractivity contribution in [1.29, 1.82) is 0 Å². The maximum Gasteiger partial charge on any atom is 0.251 e. The summed E-state index contributed by atoms with van der Waals surface area (Å²) in [6, 6.07) is 12.5. The molecule has 1 heterocycles. The summed E-state index contributed by atoms with van der Waals surface area (Å²) >= 11 is 5.96. The molecule has 0 unspecified atom stereocenters. The Hall–Kier alpha value is -2.86. The average Bonchev–Trinajstić information content (AvgIpc) is 3.10. The van der Waals surface area contributed by atoms with Crippen LogP contribution in [0.2, 0.25) is 5.02 Å². The molecule has 6 nitrogen and oxygen atoms in total. The van der Waals surface area contributed by atoms with Gasteiger partial charge in [-0.2, -0.15) is 4.98 Å². The van der Waals surface area contributed by atoms with Gasteiger partial charge in [0.25, 0.3) is 5.91 Å². The van der Waals surface area contributed by atoms with E-state index in [0.29, 0.717) is 28.9 Å². The Kier molecular flexibility index (Phi) is 5.53. The SMILES string of the molecule is CCOc1ccc(C(=O)NCc2nc(-c3cccc(Cl)c3)no2)cc1C. The number of amides is 1. The van der Waals surface area contributed by atoms with Gasteiger partial charge < -0.3 is 14.6 Å². The molecule has 0 fully saturated rings. The number of carbonyl (C=O) groups is 1. The van der Waals surface area contributed by atoms with Gasteiger partial charge in [0.1, 0.15) is 5.75 Å². The fourth-order valence-corrected chi connectivity index (χ4v) is 2.63. The van der Waals surface area contributed by atoms with Crippen molar-refractivity contribution in [2.45, 2.75) is 20.4 Å². The van der Waals surface area contributed by atoms with Crippen molar-refractivity contribution in [3.05, 3.63) is 64.5 Å². The second kappa shape index (κ2) is 8.01. The Morgan fingerprint density at radius 1 is 1.27 bits per heavy atom. The Balaban J connectivity index is 1.64. The van der Waals surface area contributed by atoms with Gasteiger partial charge in [-0.25, -0.2) is 0 Å². The molecule has 0 aliphatic heterocycles. The van der Waals surface area contributed by atoms with E-state index in [0.717, 1.165) is 16.9 Å². The summed E-state index contributed by atoms with van der Waals surface area (Å²) in [5, 5.41) is 7.27. The number of hydrogen-bond donors (Lipinski definition) is 1. The van der Waals surface area contributed by atoms with Crippen LogP contribution in [0, 0.1) is 6.92 Å². The normalized spacial score (nSPS) is 10.6. The van der Waals surface area contributed by atoms with Crippen molar-refractivity contribution < 1.29 is 14.1 Å². The number of carbonyl (C=O) groups excluding carboxylic acids is 1. The van der Waals surface area contributed by atoms with Crippen molar-refractivity contribution >= 4 is 17.5 Å². The molecule has 0 aliphatic carbocycles. The number of nitrogens with one attached hydrogen (secondary N) is 1. The summed E-state index contributed by atoms with van der Waals surface area (Å²) in [6.45, 7) is 4.54. The third-order valence-electron chi connectivity index (χ3n) is 3.69. The molecule has 1 aromatic heterocycles. The highest BCUT2D eigenvalue weighted by atomic mass is 35.5. The average molecular weight is 372 g/mol. The van der Waals surface area contributed by atoms with E-state index in [-0.39, 0.29) is 12.5 Å². The zero-order chi connectivity index (χ0) is 18.5. The molecule has 0 saturated heterocycles. The van der Waals surface area contributed by atoms with Crippen LogP contribution < -0.4 is 10.1 Å². The van der Waals surface area contributed by atoms with Gasteiger partial charge in [0.15, 0.2) is 0 Å². The van der Waals surface area contributed by atoms with Crippen LogP contribution in [0.1, 0.15) is 28.7 Å². The highest BCUT2D eigenvalue weighted by Gasteiger charge is 2.12. The van der Waals surface area contributed by atoms with Gasteiger partial charge in [-0.15, -0.1) is 0 Å². The lowest BCUT2D eigenvalue weighted by Crippen LogP contribution is -2.23. The standard InChI is InChI=1S/C19H18ClN3O3/c1-3-25-16-8-7-14(9-12(16)2)19(24)21-11-17-22-18(23-26-17)13-5-4-6-15(20)10-13/h4-10H,3,11H2,1-2H3,(H,21,24). The van der Waals surface area contributed by atoms with Crippen molar-refractivity contribution in [3.8, 4) is 17.1 Å². The molecule has 3 aromatic rings. The van der Waals surface area contributed by atoms with E-state index >= 15 is 0 Å². The van der Waals surface area contributed by atoms with E-state index in [2.05, 4.69) is 15.5 Å². The minimum Gasteiger partial charge on any atom is -0.494 e. The summed E-state index contributed by atoms with van der Waals surface area (Å²) in [5.74, 6) is 1.29. The van der Waals surface area contributed by atoms with E-state index in [4.69, 9.17) is 20.9 Å². The number of aromatic nitrogens is 2. The maximum atomic E-state index is 12.3. The molecule has 0 bridgehead atoms. The molecular formula is C19H18ClN3O3. The van der Waals surface area contributed by atoms with Crippen molar-refractivity contribution in [2.75, 3.05) is 6.61 Å². The fraction of sp³-hybridized carbons (Fsp3) is 0.211. The van der Waals surface area contributed by atoms with Gasteiger partial charge >= 0.3 is 0 Å². The van der Waals surface area contributed by atoms with Crippen LogP contribution in [-0.4, -0.2) is 22.7 Å². The number of nitrogens with zero attached hydrogens (tertiary/aromatic N) is 2. The molecule has 0 radical (unpaired) electrons. The molecule has 1 N–H and O–H groups in total. The summed E-state index contributed by atoms with van der Waals surface area (Å²) in [4.78, 5) is 16.6. The van der Waals surface area contributed by atoms with Gasteiger partial charge in [0.05, 0.1) is 13.2 Å². The van der Waals surface area contributed by atoms with Gasteiger partial charge in [-0.3, -0.25) is 4.79 Å². The third kappa shape index (κ3) is 4.21. The minimum atomic E-state index is -0.223. The lowest BCUT2D eigenvalue weighted by molar-refractivity contribution is 0.0946. The number of rotatable bonds is 6. The second-order valence-corrected chi connectivity index (χ2v) is 6.05. The zero-order valence-electron chi connectivity index (χ0n) is 14.5. The summed E-state index contributed by atoms with van der Waals surface area (Å²) in [5.41, 5.74) is 2.20. The summed E-state index contributed by atoms with van der Waals surface area (Å²) < 4.78 is 10.7. The van der Waals surface area contributed by atoms with Gasteiger partial charge in [0.2, 0.25) is 11.7 Å². The van der Waals surface area contributed by atoms with E-state index < -0.39 is 0 Å². The van der Waals surface area contributed by atoms with Crippen molar-refractivity contribution in [2.24, 2.45) is 0 Å². The smallest absolute Gasteiger partial charge is 0.251 e. The van der Waals surface area contributed by atoms with Crippen LogP contribution in [0.25, 0.3) is 11.4 Å². The van der Waals surface area contributed by atoms with E-state index in [1.165, 1.54) is 0 Å². The number of ether oxygens (including phenoxy) is 1. The van der Waals surface area contributed by atoms with Gasteiger partial charge in [-0.1, -0.05) is 28.9 Å². The molecule has 134 valence electrons. The molecule has 26 heavy (non-hydrogen) atoms. The lowest BCUT2D eigenvalue weighted by Gasteiger charge is -2.08. The van der Waals surface area contributed by atoms with Crippen molar-refractivity contribution in [3.63, 3.8) is 0 Å². The van der Waals surface area contributed by atoms with Gasteiger partial charge in [-0.05, 0) is 49.7 Å². The van der Waals surface area contributed by atoms with Gasteiger partial charge in [0, 0.05) is 16.1 Å². The van der Waals surface area contributed by atoms with Crippen LogP contribution in [0.4, 0.5) is 0 Å². The number of hydrogen-bond acceptors (Lipinski definition) is 5. The van der Waals surface area contributed by atoms with Crippen LogP contribution in [0.5, 0.6) is 5.75 Å². The molecule has 3 rings (SSSR count). The third-order valence-corrected chi connectivity index (χ3v) is 3.92. The second-order valence-electron chi connectivity index (χ2n) is 5.62. The van der Waals surface area contributed by atoms with E-state index in [9.17, 15) is 4.79 Å². The molecule has 1 amide bonds. The molecule has 0 atom stereocenters. The Labute approximate surface area is 156 Å². The first kappa shape index (κ1) is 17.9. The monoisotopic (exact) mass is 371 g/mol. The quantitative estimate of drug-likeness (QED) is 0.707. The zero-order valence-corrected chi connectivity index (χ0v) is 15.2. The number of benzene rings is 2. The molecule has 7 heteroatoms. The van der Waals surface area contributed by atoms with Crippen LogP contribution in [0.15, 0.2) is 47.0 Å². The van der Waals surface area contributed by atoms with Crippen LogP contribution >= 0.6 is 11.6 Å². The molecular weight excluding hydrogens is 354 g/mol. The predicted molar refractivity (Wildman–Crippen MR) is 98.3 cm³/mol. The highest BCUT2D eigenvalue weighted by Crippen LogP contribution is 2.21. The summed E-state index contributed by atoms with van der Waals surface area (Å²) in [6.07, 6.45) is 0. The summed E-state index contributed by atoms with van der Waals surface area (Å²) in [7, 11) is 0. The first-order valence-electron chi connectivity index (χ1n) is 8.17. The molecule has 0 spiro atoms. The lowest BCUT2D eigenvalue weighted by atomic mass is 10.1. The van der Waals surface area contributed by atoms with Crippen LogP contribution in [0.3, 0.4) is 0 Å². The van der Waals surface area contributed by atoms with Crippen molar-refractivity contribution in [1.82, 2.24) is 15.5 Å². The fourth-order valence-electron chi connectivity index (χ4n) is 2.44. The molecule has 2 aromatic carbocycles. The Morgan fingerprint density at radius 2 is 2.12 bits per heavy atom. The minimum absolute atomic E-state index is 0.138. The van der Waals surface area contributed by atoms with E-state index in [1.54, 1.807) is 30.3 Å². The Bertz CT molecular complexity index is 924. The first-order chi connectivity index (χ1) is 12.6. The number of aryl methyl sites for hydroxylation is 1. The topological polar surface area (TPSA) is 77.2 Å². The Morgan fingerprint density at radius 3 is 2.85 bits per heavy atom. The number of halogens is 1. The molecule has 0 aliphatic rings. The first-order valence-corrected chi connectivity index (χ1v) is 8.55. The molecule has 0 saturated carbocycles. The van der Waals surface area contributed by atoms with E-state index in [1.807, 2.05) is 26.0 Å².